The summed E-state index contributed by atoms with van der Waals surface area (Å²) in [6, 6.07) is 7.48. The Kier molecular flexibility index (Phi) is 3.28. The van der Waals surface area contributed by atoms with Gasteiger partial charge in [0.1, 0.15) is 4.88 Å². The largest absolute Gasteiger partial charge is 0.326 e. The number of aromatic nitrogens is 1. The van der Waals surface area contributed by atoms with Crippen molar-refractivity contribution >= 4 is 22.9 Å². The van der Waals surface area contributed by atoms with Gasteiger partial charge in [-0.25, -0.2) is 0 Å². The van der Waals surface area contributed by atoms with Crippen LogP contribution in [0.4, 0.5) is 5.69 Å². The van der Waals surface area contributed by atoms with E-state index in [2.05, 4.69) is 10.3 Å². The molecule has 0 unspecified atom stereocenters. The fraction of sp³-hybridized carbons (Fsp3) is 0.0909. The summed E-state index contributed by atoms with van der Waals surface area (Å²) in [6.07, 6.45) is 1.55. The molecule has 3 N–H and O–H groups in total. The van der Waals surface area contributed by atoms with Crippen LogP contribution in [-0.4, -0.2) is 10.9 Å². The third kappa shape index (κ3) is 2.44. The Balaban J connectivity index is 2.12. The number of nitrogens with two attached hydrogens (primary N) is 1. The van der Waals surface area contributed by atoms with Gasteiger partial charge >= 0.3 is 0 Å². The number of rotatable bonds is 3. The standard InChI is InChI=1S/C11H11N3OS/c12-5-8-2-1-3-9(4-8)14-11(15)10-6-13-7-16-10/h1-4,6-7H,5,12H2,(H,14,15). The second-order valence-electron chi connectivity index (χ2n) is 3.22. The minimum atomic E-state index is -0.142. The monoisotopic (exact) mass is 233 g/mol. The Labute approximate surface area is 97.1 Å². The summed E-state index contributed by atoms with van der Waals surface area (Å²) in [7, 11) is 0. The summed E-state index contributed by atoms with van der Waals surface area (Å²) in [5, 5.41) is 2.79. The molecule has 1 amide bonds. The first kappa shape index (κ1) is 10.8. The van der Waals surface area contributed by atoms with E-state index < -0.39 is 0 Å². The van der Waals surface area contributed by atoms with Gasteiger partial charge in [0.2, 0.25) is 0 Å². The van der Waals surface area contributed by atoms with Crippen molar-refractivity contribution in [1.29, 1.82) is 0 Å². The van der Waals surface area contributed by atoms with Gasteiger partial charge in [0.05, 0.1) is 11.7 Å². The highest BCUT2D eigenvalue weighted by Gasteiger charge is 2.07. The van der Waals surface area contributed by atoms with E-state index >= 15 is 0 Å². The number of nitrogens with zero attached hydrogens (tertiary/aromatic N) is 1. The van der Waals surface area contributed by atoms with Gasteiger partial charge in [-0.2, -0.15) is 0 Å². The minimum Gasteiger partial charge on any atom is -0.326 e. The number of amides is 1. The molecule has 5 heteroatoms. The van der Waals surface area contributed by atoms with Crippen LogP contribution in [0.3, 0.4) is 0 Å². The van der Waals surface area contributed by atoms with Crippen molar-refractivity contribution in [2.75, 3.05) is 5.32 Å². The molecule has 0 aliphatic heterocycles. The lowest BCUT2D eigenvalue weighted by Crippen LogP contribution is -2.10. The zero-order chi connectivity index (χ0) is 11.4. The van der Waals surface area contributed by atoms with Crippen LogP contribution in [0.15, 0.2) is 36.0 Å². The average Bonchev–Trinajstić information content (AvgIpc) is 2.83. The smallest absolute Gasteiger partial charge is 0.267 e. The van der Waals surface area contributed by atoms with E-state index in [9.17, 15) is 4.79 Å². The number of anilines is 1. The SMILES string of the molecule is NCc1cccc(NC(=O)c2cncs2)c1. The van der Waals surface area contributed by atoms with Crippen LogP contribution in [0.1, 0.15) is 15.2 Å². The molecule has 0 aliphatic carbocycles. The van der Waals surface area contributed by atoms with Crippen LogP contribution < -0.4 is 11.1 Å². The molecule has 82 valence electrons. The number of hydrogen-bond donors (Lipinski definition) is 2. The van der Waals surface area contributed by atoms with Crippen molar-refractivity contribution in [1.82, 2.24) is 4.98 Å². The zero-order valence-electron chi connectivity index (χ0n) is 8.51. The normalized spacial score (nSPS) is 10.1. The van der Waals surface area contributed by atoms with Gasteiger partial charge < -0.3 is 11.1 Å². The predicted molar refractivity (Wildman–Crippen MR) is 64.4 cm³/mol. The molecule has 0 aliphatic rings. The number of thiazole rings is 1. The molecule has 0 bridgehead atoms. The molecule has 1 aromatic carbocycles. The van der Waals surface area contributed by atoms with E-state index in [4.69, 9.17) is 5.73 Å². The molecule has 0 radical (unpaired) electrons. The van der Waals surface area contributed by atoms with Gasteiger partial charge in [0.15, 0.2) is 0 Å². The first-order valence-corrected chi connectivity index (χ1v) is 5.66. The molecule has 2 rings (SSSR count). The lowest BCUT2D eigenvalue weighted by Gasteiger charge is -2.04. The molecule has 16 heavy (non-hydrogen) atoms. The van der Waals surface area contributed by atoms with E-state index in [0.29, 0.717) is 11.4 Å². The van der Waals surface area contributed by atoms with Crippen molar-refractivity contribution in [3.05, 3.63) is 46.4 Å². The van der Waals surface area contributed by atoms with Crippen LogP contribution >= 0.6 is 11.3 Å². The van der Waals surface area contributed by atoms with Crippen molar-refractivity contribution in [2.24, 2.45) is 5.73 Å². The van der Waals surface area contributed by atoms with E-state index in [0.717, 1.165) is 11.3 Å². The van der Waals surface area contributed by atoms with Crippen LogP contribution in [-0.2, 0) is 6.54 Å². The second kappa shape index (κ2) is 4.87. The fourth-order valence-corrected chi connectivity index (χ4v) is 1.81. The molecule has 1 heterocycles. The van der Waals surface area contributed by atoms with Crippen molar-refractivity contribution in [3.8, 4) is 0 Å². The maximum absolute atomic E-state index is 11.7. The Morgan fingerprint density at radius 3 is 3.06 bits per heavy atom. The van der Waals surface area contributed by atoms with E-state index in [1.54, 1.807) is 11.7 Å². The fourth-order valence-electron chi connectivity index (χ4n) is 1.30. The highest BCUT2D eigenvalue weighted by molar-refractivity contribution is 7.11. The summed E-state index contributed by atoms with van der Waals surface area (Å²) < 4.78 is 0. The maximum Gasteiger partial charge on any atom is 0.267 e. The highest BCUT2D eigenvalue weighted by atomic mass is 32.1. The number of carbonyl (C=O) groups is 1. The first-order chi connectivity index (χ1) is 7.79. The van der Waals surface area contributed by atoms with Gasteiger partial charge in [-0.3, -0.25) is 9.78 Å². The molecular formula is C11H11N3OS. The maximum atomic E-state index is 11.7. The Morgan fingerprint density at radius 1 is 1.50 bits per heavy atom. The second-order valence-corrected chi connectivity index (χ2v) is 4.11. The van der Waals surface area contributed by atoms with E-state index in [1.165, 1.54) is 11.3 Å². The Morgan fingerprint density at radius 2 is 2.38 bits per heavy atom. The molecular weight excluding hydrogens is 222 g/mol. The number of hydrogen-bond acceptors (Lipinski definition) is 4. The van der Waals surface area contributed by atoms with Gasteiger partial charge in [0.25, 0.3) is 5.91 Å². The third-order valence-corrected chi connectivity index (χ3v) is 2.85. The first-order valence-electron chi connectivity index (χ1n) is 4.78. The molecule has 0 saturated carbocycles. The lowest BCUT2D eigenvalue weighted by atomic mass is 10.2. The predicted octanol–water partition coefficient (Wildman–Crippen LogP) is 1.85. The molecule has 2 aromatic rings. The zero-order valence-corrected chi connectivity index (χ0v) is 9.33. The van der Waals surface area contributed by atoms with Crippen molar-refractivity contribution in [3.63, 3.8) is 0 Å². The number of benzene rings is 1. The Hall–Kier alpha value is -1.72. The molecule has 4 nitrogen and oxygen atoms in total. The van der Waals surface area contributed by atoms with Crippen molar-refractivity contribution < 1.29 is 4.79 Å². The molecule has 0 fully saturated rings. The van der Waals surface area contributed by atoms with Crippen LogP contribution in [0.5, 0.6) is 0 Å². The summed E-state index contributed by atoms with van der Waals surface area (Å²) >= 11 is 1.31. The van der Waals surface area contributed by atoms with Crippen LogP contribution in [0, 0.1) is 0 Å². The Bertz CT molecular complexity index is 482. The quantitative estimate of drug-likeness (QED) is 0.850. The summed E-state index contributed by atoms with van der Waals surface area (Å²) in [5.41, 5.74) is 8.89. The van der Waals surface area contributed by atoms with Crippen molar-refractivity contribution in [2.45, 2.75) is 6.54 Å². The van der Waals surface area contributed by atoms with E-state index in [1.807, 2.05) is 24.3 Å². The summed E-state index contributed by atoms with van der Waals surface area (Å²) in [6.45, 7) is 0.463. The summed E-state index contributed by atoms with van der Waals surface area (Å²) in [5.74, 6) is -0.142. The third-order valence-electron chi connectivity index (χ3n) is 2.08. The summed E-state index contributed by atoms with van der Waals surface area (Å²) in [4.78, 5) is 16.2. The minimum absolute atomic E-state index is 0.142. The van der Waals surface area contributed by atoms with Crippen LogP contribution in [0.25, 0.3) is 0 Å². The number of carbonyl (C=O) groups excluding carboxylic acids is 1. The van der Waals surface area contributed by atoms with Gasteiger partial charge in [-0.05, 0) is 17.7 Å². The highest BCUT2D eigenvalue weighted by Crippen LogP contribution is 2.13. The molecule has 1 aromatic heterocycles. The molecule has 0 spiro atoms. The molecule has 0 saturated heterocycles. The number of nitrogens with one attached hydrogen (secondary N) is 1. The topological polar surface area (TPSA) is 68.0 Å². The van der Waals surface area contributed by atoms with Gasteiger partial charge in [-0.15, -0.1) is 11.3 Å². The van der Waals surface area contributed by atoms with Gasteiger partial charge in [0, 0.05) is 12.2 Å². The van der Waals surface area contributed by atoms with Gasteiger partial charge in [-0.1, -0.05) is 12.1 Å². The average molecular weight is 233 g/mol. The van der Waals surface area contributed by atoms with Crippen LogP contribution in [0.2, 0.25) is 0 Å². The van der Waals surface area contributed by atoms with E-state index in [-0.39, 0.29) is 5.91 Å². The molecule has 0 atom stereocenters. The lowest BCUT2D eigenvalue weighted by molar-refractivity contribution is 0.103.